The Balaban J connectivity index is 2.26. The number of nitro groups is 1. The number of halogens is 2. The maximum atomic E-state index is 11.5. The lowest BCUT2D eigenvalue weighted by Crippen LogP contribution is -2.15. The third-order valence-corrected chi connectivity index (χ3v) is 4.19. The average molecular weight is 489 g/mol. The monoisotopic (exact) mass is 487 g/mol. The SMILES string of the molecule is Nc1ccc(Oc2c(Br)cc(NC(=O)CC(=O)O)cc2Br)cc1[N+](=O)[O-]. The number of carbonyl (C=O) groups excluding carboxylic acids is 1. The van der Waals surface area contributed by atoms with Gasteiger partial charge in [0.15, 0.2) is 5.75 Å². The molecule has 11 heteroatoms. The first-order valence-corrected chi connectivity index (χ1v) is 8.48. The number of hydrogen-bond acceptors (Lipinski definition) is 6. The Morgan fingerprint density at radius 2 is 1.85 bits per heavy atom. The van der Waals surface area contributed by atoms with E-state index >= 15 is 0 Å². The van der Waals surface area contributed by atoms with E-state index in [1.165, 1.54) is 30.3 Å². The number of nitrogens with zero attached hydrogens (tertiary/aromatic N) is 1. The molecule has 0 heterocycles. The topological polar surface area (TPSA) is 145 Å². The lowest BCUT2D eigenvalue weighted by atomic mass is 10.2. The van der Waals surface area contributed by atoms with Crippen LogP contribution in [0.25, 0.3) is 0 Å². The number of anilines is 2. The van der Waals surface area contributed by atoms with Crippen molar-refractivity contribution in [3.63, 3.8) is 0 Å². The highest BCUT2D eigenvalue weighted by Crippen LogP contribution is 2.40. The van der Waals surface area contributed by atoms with E-state index in [1.807, 2.05) is 0 Å². The number of ether oxygens (including phenoxy) is 1. The third-order valence-electron chi connectivity index (χ3n) is 3.01. The molecule has 26 heavy (non-hydrogen) atoms. The van der Waals surface area contributed by atoms with E-state index in [-0.39, 0.29) is 17.1 Å². The molecule has 0 unspecified atom stereocenters. The summed E-state index contributed by atoms with van der Waals surface area (Å²) in [6.07, 6.45) is -0.664. The average Bonchev–Trinajstić information content (AvgIpc) is 2.51. The molecule has 0 saturated carbocycles. The molecule has 0 aliphatic carbocycles. The van der Waals surface area contributed by atoms with Crippen molar-refractivity contribution in [3.05, 3.63) is 49.4 Å². The molecule has 2 aromatic carbocycles. The second-order valence-corrected chi connectivity index (χ2v) is 6.68. The van der Waals surface area contributed by atoms with Crippen molar-refractivity contribution in [2.24, 2.45) is 0 Å². The van der Waals surface area contributed by atoms with Crippen LogP contribution in [0, 0.1) is 10.1 Å². The van der Waals surface area contributed by atoms with Crippen molar-refractivity contribution in [3.8, 4) is 11.5 Å². The minimum atomic E-state index is -1.24. The summed E-state index contributed by atoms with van der Waals surface area (Å²) in [5, 5.41) is 22.0. The van der Waals surface area contributed by atoms with E-state index in [4.69, 9.17) is 15.6 Å². The molecular formula is C15H11Br2N3O6. The van der Waals surface area contributed by atoms with Gasteiger partial charge < -0.3 is 20.9 Å². The minimum Gasteiger partial charge on any atom is -0.481 e. The van der Waals surface area contributed by atoms with Gasteiger partial charge in [-0.2, -0.15) is 0 Å². The fourth-order valence-electron chi connectivity index (χ4n) is 1.94. The normalized spacial score (nSPS) is 10.2. The van der Waals surface area contributed by atoms with Gasteiger partial charge in [0.05, 0.1) is 19.9 Å². The number of hydrogen-bond donors (Lipinski definition) is 3. The second-order valence-electron chi connectivity index (χ2n) is 4.97. The molecule has 9 nitrogen and oxygen atoms in total. The van der Waals surface area contributed by atoms with Crippen LogP contribution < -0.4 is 15.8 Å². The molecule has 2 rings (SSSR count). The highest BCUT2D eigenvalue weighted by Gasteiger charge is 2.16. The number of nitro benzene ring substituents is 1. The van der Waals surface area contributed by atoms with Gasteiger partial charge in [0.1, 0.15) is 17.9 Å². The number of nitrogen functional groups attached to an aromatic ring is 1. The van der Waals surface area contributed by atoms with Crippen LogP contribution in [-0.4, -0.2) is 21.9 Å². The maximum Gasteiger partial charge on any atom is 0.312 e. The molecule has 136 valence electrons. The van der Waals surface area contributed by atoms with Crippen molar-refractivity contribution in [1.82, 2.24) is 0 Å². The zero-order chi connectivity index (χ0) is 19.4. The maximum absolute atomic E-state index is 11.5. The van der Waals surface area contributed by atoms with Crippen molar-refractivity contribution in [1.29, 1.82) is 0 Å². The van der Waals surface area contributed by atoms with Gasteiger partial charge in [-0.15, -0.1) is 0 Å². The number of carbonyl (C=O) groups is 2. The van der Waals surface area contributed by atoms with Crippen LogP contribution >= 0.6 is 31.9 Å². The fraction of sp³-hybridized carbons (Fsp3) is 0.0667. The number of carboxylic acid groups (broad SMARTS) is 1. The summed E-state index contributed by atoms with van der Waals surface area (Å²) in [5.74, 6) is -1.43. The van der Waals surface area contributed by atoms with Crippen LogP contribution in [0.1, 0.15) is 6.42 Å². The van der Waals surface area contributed by atoms with Crippen LogP contribution in [0.3, 0.4) is 0 Å². The summed E-state index contributed by atoms with van der Waals surface area (Å²) in [7, 11) is 0. The predicted octanol–water partition coefficient (Wildman–Crippen LogP) is 3.91. The Morgan fingerprint density at radius 1 is 1.23 bits per heavy atom. The molecule has 0 spiro atoms. The number of carboxylic acids is 1. The predicted molar refractivity (Wildman–Crippen MR) is 100 cm³/mol. The van der Waals surface area contributed by atoms with E-state index in [1.54, 1.807) is 0 Å². The number of aliphatic carboxylic acids is 1. The molecule has 0 fully saturated rings. The third kappa shape index (κ3) is 4.92. The number of rotatable bonds is 6. The first-order chi connectivity index (χ1) is 12.2. The molecule has 0 bridgehead atoms. The Labute approximate surface area is 163 Å². The highest BCUT2D eigenvalue weighted by molar-refractivity contribution is 9.11. The van der Waals surface area contributed by atoms with Gasteiger partial charge in [-0.05, 0) is 56.1 Å². The summed E-state index contributed by atoms with van der Waals surface area (Å²) in [6.45, 7) is 0. The van der Waals surface area contributed by atoms with Crippen LogP contribution in [-0.2, 0) is 9.59 Å². The van der Waals surface area contributed by atoms with E-state index in [0.29, 0.717) is 20.4 Å². The first kappa shape index (κ1) is 19.7. The standard InChI is InChI=1S/C15H11Br2N3O6/c16-9-3-7(19-13(21)6-14(22)23)4-10(17)15(9)26-8-1-2-11(18)12(5-8)20(24)25/h1-5H,6,18H2,(H,19,21)(H,22,23). The quantitative estimate of drug-likeness (QED) is 0.242. The van der Waals surface area contributed by atoms with E-state index < -0.39 is 23.2 Å². The van der Waals surface area contributed by atoms with Gasteiger partial charge in [-0.1, -0.05) is 0 Å². The summed E-state index contributed by atoms with van der Waals surface area (Å²) in [6, 6.07) is 7.04. The van der Waals surface area contributed by atoms with Crippen molar-refractivity contribution >= 4 is 60.8 Å². The van der Waals surface area contributed by atoms with Gasteiger partial charge in [0.2, 0.25) is 5.91 Å². The smallest absolute Gasteiger partial charge is 0.312 e. The largest absolute Gasteiger partial charge is 0.481 e. The Hall–Kier alpha value is -2.66. The van der Waals surface area contributed by atoms with E-state index in [9.17, 15) is 19.7 Å². The number of benzene rings is 2. The molecule has 0 saturated heterocycles. The molecule has 1 amide bonds. The molecular weight excluding hydrogens is 478 g/mol. The molecule has 0 aliphatic heterocycles. The van der Waals surface area contributed by atoms with Crippen LogP contribution in [0.4, 0.5) is 17.1 Å². The molecule has 2 aromatic rings. The summed E-state index contributed by atoms with van der Waals surface area (Å²) < 4.78 is 6.51. The second kappa shape index (κ2) is 8.15. The van der Waals surface area contributed by atoms with Gasteiger partial charge in [-0.25, -0.2) is 0 Å². The first-order valence-electron chi connectivity index (χ1n) is 6.90. The molecule has 0 radical (unpaired) electrons. The molecule has 0 aromatic heterocycles. The minimum absolute atomic E-state index is 0.0111. The van der Waals surface area contributed by atoms with Crippen LogP contribution in [0.2, 0.25) is 0 Å². The lowest BCUT2D eigenvalue weighted by Gasteiger charge is -2.13. The van der Waals surface area contributed by atoms with Crippen LogP contribution in [0.5, 0.6) is 11.5 Å². The van der Waals surface area contributed by atoms with Gasteiger partial charge in [0.25, 0.3) is 5.69 Å². The number of nitrogens with one attached hydrogen (secondary N) is 1. The Morgan fingerprint density at radius 3 is 2.38 bits per heavy atom. The van der Waals surface area contributed by atoms with E-state index in [0.717, 1.165) is 0 Å². The summed E-state index contributed by atoms with van der Waals surface area (Å²) >= 11 is 6.55. The van der Waals surface area contributed by atoms with Crippen molar-refractivity contribution < 1.29 is 24.4 Å². The number of amides is 1. The molecule has 0 aliphatic rings. The molecule has 4 N–H and O–H groups in total. The van der Waals surface area contributed by atoms with Gasteiger partial charge in [-0.3, -0.25) is 19.7 Å². The summed E-state index contributed by atoms with van der Waals surface area (Å²) in [5.41, 5.74) is 5.61. The summed E-state index contributed by atoms with van der Waals surface area (Å²) in [4.78, 5) is 32.4. The lowest BCUT2D eigenvalue weighted by molar-refractivity contribution is -0.384. The number of nitrogens with two attached hydrogens (primary N) is 1. The van der Waals surface area contributed by atoms with Gasteiger partial charge >= 0.3 is 5.97 Å². The Kier molecular flexibility index (Phi) is 6.16. The van der Waals surface area contributed by atoms with Crippen LogP contribution in [0.15, 0.2) is 39.3 Å². The Bertz CT molecular complexity index is 880. The zero-order valence-corrected chi connectivity index (χ0v) is 16.0. The highest BCUT2D eigenvalue weighted by atomic mass is 79.9. The van der Waals surface area contributed by atoms with Gasteiger partial charge in [0, 0.05) is 5.69 Å². The molecule has 0 atom stereocenters. The fourth-order valence-corrected chi connectivity index (χ4v) is 3.28. The van der Waals surface area contributed by atoms with Crippen molar-refractivity contribution in [2.45, 2.75) is 6.42 Å². The van der Waals surface area contributed by atoms with Crippen molar-refractivity contribution in [2.75, 3.05) is 11.1 Å². The zero-order valence-electron chi connectivity index (χ0n) is 12.9. The van der Waals surface area contributed by atoms with E-state index in [2.05, 4.69) is 37.2 Å².